The van der Waals surface area contributed by atoms with E-state index < -0.39 is 0 Å². The second-order valence-corrected chi connectivity index (χ2v) is 6.44. The summed E-state index contributed by atoms with van der Waals surface area (Å²) in [7, 11) is 1.63. The minimum Gasteiger partial charge on any atom is -0.383 e. The van der Waals surface area contributed by atoms with E-state index in [-0.39, 0.29) is 11.9 Å². The normalized spacial score (nSPS) is 12.0. The molecule has 0 saturated heterocycles. The van der Waals surface area contributed by atoms with Crippen molar-refractivity contribution in [3.63, 3.8) is 0 Å². The number of methoxy groups -OCH3 is 1. The standard InChI is InChI=1S/C18H20INO2/c1-12-7-9-14(10-8-12)15-5-4-6-16(17(15)19)18(21)20-13(2)11-22-3/h4-10,13H,11H2,1-3H3,(H,20,21). The highest BCUT2D eigenvalue weighted by Gasteiger charge is 2.15. The van der Waals surface area contributed by atoms with Gasteiger partial charge in [0.05, 0.1) is 12.2 Å². The van der Waals surface area contributed by atoms with Crippen LogP contribution in [0.5, 0.6) is 0 Å². The molecule has 0 aromatic heterocycles. The molecule has 2 aromatic rings. The topological polar surface area (TPSA) is 38.3 Å². The number of hydrogen-bond donors (Lipinski definition) is 1. The Hall–Kier alpha value is -1.40. The van der Waals surface area contributed by atoms with Crippen LogP contribution in [0.25, 0.3) is 11.1 Å². The molecule has 116 valence electrons. The summed E-state index contributed by atoms with van der Waals surface area (Å²) in [6.07, 6.45) is 0. The molecule has 22 heavy (non-hydrogen) atoms. The van der Waals surface area contributed by atoms with Crippen molar-refractivity contribution in [1.29, 1.82) is 0 Å². The smallest absolute Gasteiger partial charge is 0.252 e. The predicted octanol–water partition coefficient (Wildman–Crippen LogP) is 4.03. The molecule has 0 aliphatic heterocycles. The Labute approximate surface area is 145 Å². The Balaban J connectivity index is 2.29. The van der Waals surface area contributed by atoms with Crippen molar-refractivity contribution in [1.82, 2.24) is 5.32 Å². The molecule has 2 rings (SSSR count). The van der Waals surface area contributed by atoms with Gasteiger partial charge in [-0.25, -0.2) is 0 Å². The maximum Gasteiger partial charge on any atom is 0.252 e. The van der Waals surface area contributed by atoms with Crippen molar-refractivity contribution in [3.05, 3.63) is 57.2 Å². The van der Waals surface area contributed by atoms with Crippen molar-refractivity contribution in [2.24, 2.45) is 0 Å². The molecular weight excluding hydrogens is 389 g/mol. The molecule has 1 N–H and O–H groups in total. The monoisotopic (exact) mass is 409 g/mol. The average Bonchev–Trinajstić information content (AvgIpc) is 2.48. The van der Waals surface area contributed by atoms with Crippen LogP contribution in [0.1, 0.15) is 22.8 Å². The summed E-state index contributed by atoms with van der Waals surface area (Å²) in [6.45, 7) is 4.49. The number of ether oxygens (including phenoxy) is 1. The first-order valence-corrected chi connectivity index (χ1v) is 8.26. The number of aryl methyl sites for hydroxylation is 1. The van der Waals surface area contributed by atoms with Gasteiger partial charge >= 0.3 is 0 Å². The summed E-state index contributed by atoms with van der Waals surface area (Å²) in [4.78, 5) is 12.4. The van der Waals surface area contributed by atoms with Crippen molar-refractivity contribution >= 4 is 28.5 Å². The molecule has 0 heterocycles. The first-order chi connectivity index (χ1) is 10.5. The third-order valence-corrected chi connectivity index (χ3v) is 4.56. The second-order valence-electron chi connectivity index (χ2n) is 5.36. The lowest BCUT2D eigenvalue weighted by atomic mass is 10.0. The highest BCUT2D eigenvalue weighted by atomic mass is 127. The first kappa shape index (κ1) is 17.0. The lowest BCUT2D eigenvalue weighted by Gasteiger charge is -2.15. The fourth-order valence-electron chi connectivity index (χ4n) is 2.26. The molecule has 2 aromatic carbocycles. The molecule has 1 amide bonds. The fourth-order valence-corrected chi connectivity index (χ4v) is 3.17. The summed E-state index contributed by atoms with van der Waals surface area (Å²) in [6, 6.07) is 14.1. The van der Waals surface area contributed by atoms with Gasteiger partial charge in [-0.1, -0.05) is 42.0 Å². The van der Waals surface area contributed by atoms with Crippen LogP contribution >= 0.6 is 22.6 Å². The molecule has 1 unspecified atom stereocenters. The van der Waals surface area contributed by atoms with Crippen LogP contribution in [-0.4, -0.2) is 25.7 Å². The molecule has 0 aliphatic carbocycles. The van der Waals surface area contributed by atoms with E-state index >= 15 is 0 Å². The fraction of sp³-hybridized carbons (Fsp3) is 0.278. The quantitative estimate of drug-likeness (QED) is 0.758. The Bertz CT molecular complexity index is 653. The van der Waals surface area contributed by atoms with E-state index in [0.29, 0.717) is 12.2 Å². The van der Waals surface area contributed by atoms with Crippen molar-refractivity contribution in [2.45, 2.75) is 19.9 Å². The van der Waals surface area contributed by atoms with Crippen molar-refractivity contribution < 1.29 is 9.53 Å². The predicted molar refractivity (Wildman–Crippen MR) is 98.1 cm³/mol. The van der Waals surface area contributed by atoms with E-state index in [1.807, 2.05) is 25.1 Å². The van der Waals surface area contributed by atoms with E-state index in [0.717, 1.165) is 14.7 Å². The van der Waals surface area contributed by atoms with Crippen LogP contribution in [-0.2, 0) is 4.74 Å². The molecule has 1 atom stereocenters. The van der Waals surface area contributed by atoms with Gasteiger partial charge in [0.15, 0.2) is 0 Å². The summed E-state index contributed by atoms with van der Waals surface area (Å²) >= 11 is 2.24. The third kappa shape index (κ3) is 4.08. The number of hydrogen-bond acceptors (Lipinski definition) is 2. The minimum absolute atomic E-state index is 0.0173. The Morgan fingerprint density at radius 2 is 1.91 bits per heavy atom. The van der Waals surface area contributed by atoms with Crippen LogP contribution in [0.15, 0.2) is 42.5 Å². The second kappa shape index (κ2) is 7.74. The molecule has 0 spiro atoms. The highest BCUT2D eigenvalue weighted by Crippen LogP contribution is 2.28. The van der Waals surface area contributed by atoms with E-state index in [4.69, 9.17) is 4.74 Å². The molecular formula is C18H20INO2. The molecule has 4 heteroatoms. The van der Waals surface area contributed by atoms with Crippen molar-refractivity contribution in [3.8, 4) is 11.1 Å². The Morgan fingerprint density at radius 1 is 1.23 bits per heavy atom. The van der Waals surface area contributed by atoms with Gasteiger partial charge in [-0.2, -0.15) is 0 Å². The number of rotatable bonds is 5. The molecule has 0 saturated carbocycles. The van der Waals surface area contributed by atoms with Gasteiger partial charge in [0.25, 0.3) is 5.91 Å². The zero-order valence-corrected chi connectivity index (χ0v) is 15.2. The number of carbonyl (C=O) groups excluding carboxylic acids is 1. The highest BCUT2D eigenvalue weighted by molar-refractivity contribution is 14.1. The van der Waals surface area contributed by atoms with Crippen LogP contribution < -0.4 is 5.32 Å². The number of amides is 1. The first-order valence-electron chi connectivity index (χ1n) is 7.18. The van der Waals surface area contributed by atoms with E-state index in [9.17, 15) is 4.79 Å². The summed E-state index contributed by atoms with van der Waals surface area (Å²) < 4.78 is 6.02. The van der Waals surface area contributed by atoms with Crippen molar-refractivity contribution in [2.75, 3.05) is 13.7 Å². The maximum absolute atomic E-state index is 12.4. The van der Waals surface area contributed by atoms with Gasteiger partial charge in [0, 0.05) is 16.7 Å². The Morgan fingerprint density at radius 3 is 2.55 bits per heavy atom. The van der Waals surface area contributed by atoms with E-state index in [2.05, 4.69) is 59.1 Å². The summed E-state index contributed by atoms with van der Waals surface area (Å²) in [5, 5.41) is 2.96. The van der Waals surface area contributed by atoms with Gasteiger partial charge in [-0.15, -0.1) is 0 Å². The van der Waals surface area contributed by atoms with Gasteiger partial charge in [0.1, 0.15) is 0 Å². The summed E-state index contributed by atoms with van der Waals surface area (Å²) in [5.41, 5.74) is 4.12. The zero-order chi connectivity index (χ0) is 16.1. The van der Waals surface area contributed by atoms with Gasteiger partial charge in [0.2, 0.25) is 0 Å². The van der Waals surface area contributed by atoms with Crippen LogP contribution in [0, 0.1) is 10.5 Å². The number of carbonyl (C=O) groups is 1. The number of benzene rings is 2. The largest absolute Gasteiger partial charge is 0.383 e. The summed E-state index contributed by atoms with van der Waals surface area (Å²) in [5.74, 6) is -0.0667. The SMILES string of the molecule is COCC(C)NC(=O)c1cccc(-c2ccc(C)cc2)c1I. The maximum atomic E-state index is 12.4. The lowest BCUT2D eigenvalue weighted by molar-refractivity contribution is 0.0904. The Kier molecular flexibility index (Phi) is 5.97. The molecule has 0 aliphatic rings. The third-order valence-electron chi connectivity index (χ3n) is 3.40. The average molecular weight is 409 g/mol. The molecule has 0 fully saturated rings. The van der Waals surface area contributed by atoms with Gasteiger partial charge in [-0.05, 0) is 53.6 Å². The lowest BCUT2D eigenvalue weighted by Crippen LogP contribution is -2.36. The number of nitrogens with one attached hydrogen (secondary N) is 1. The van der Waals surface area contributed by atoms with Crippen LogP contribution in [0.2, 0.25) is 0 Å². The van der Waals surface area contributed by atoms with Crippen LogP contribution in [0.3, 0.4) is 0 Å². The minimum atomic E-state index is -0.0667. The molecule has 0 bridgehead atoms. The van der Waals surface area contributed by atoms with Crippen LogP contribution in [0.4, 0.5) is 0 Å². The van der Waals surface area contributed by atoms with E-state index in [1.165, 1.54) is 5.56 Å². The molecule has 0 radical (unpaired) electrons. The molecule has 3 nitrogen and oxygen atoms in total. The van der Waals surface area contributed by atoms with Gasteiger partial charge in [-0.3, -0.25) is 4.79 Å². The van der Waals surface area contributed by atoms with E-state index in [1.54, 1.807) is 7.11 Å². The number of halogens is 1. The zero-order valence-electron chi connectivity index (χ0n) is 13.0. The van der Waals surface area contributed by atoms with Gasteiger partial charge < -0.3 is 10.1 Å².